The molecule has 0 aliphatic heterocycles. The normalized spacial score (nSPS) is 11.6. The SMILES string of the molecule is Cc1ccc(-c2nccc3[nH]c(-c4n[nH]c5ncc(-c6cncc(NC(=O)CC(C)C)c6)cc45)cc23)s1. The van der Waals surface area contributed by atoms with Crippen molar-refractivity contribution >= 4 is 44.9 Å². The zero-order chi connectivity index (χ0) is 25.5. The molecule has 6 heterocycles. The lowest BCUT2D eigenvalue weighted by molar-refractivity contribution is -0.116. The van der Waals surface area contributed by atoms with Crippen LogP contribution in [-0.2, 0) is 4.79 Å². The number of anilines is 1. The van der Waals surface area contributed by atoms with Crippen molar-refractivity contribution in [2.24, 2.45) is 5.92 Å². The number of pyridine rings is 3. The second kappa shape index (κ2) is 9.25. The van der Waals surface area contributed by atoms with Crippen molar-refractivity contribution < 1.29 is 4.79 Å². The van der Waals surface area contributed by atoms with E-state index in [-0.39, 0.29) is 11.8 Å². The molecule has 6 aromatic rings. The Labute approximate surface area is 217 Å². The first-order chi connectivity index (χ1) is 17.9. The maximum atomic E-state index is 12.2. The molecule has 3 N–H and O–H groups in total. The summed E-state index contributed by atoms with van der Waals surface area (Å²) in [5.74, 6) is 0.262. The predicted molar refractivity (Wildman–Crippen MR) is 148 cm³/mol. The lowest BCUT2D eigenvalue weighted by Crippen LogP contribution is -2.13. The van der Waals surface area contributed by atoms with Gasteiger partial charge >= 0.3 is 0 Å². The number of rotatable bonds is 6. The van der Waals surface area contributed by atoms with Gasteiger partial charge in [-0.25, -0.2) is 4.98 Å². The summed E-state index contributed by atoms with van der Waals surface area (Å²) in [7, 11) is 0. The number of hydrogen-bond acceptors (Lipinski definition) is 6. The molecule has 0 aromatic carbocycles. The number of thiophene rings is 1. The summed E-state index contributed by atoms with van der Waals surface area (Å²) < 4.78 is 0. The van der Waals surface area contributed by atoms with Crippen molar-refractivity contribution in [3.63, 3.8) is 0 Å². The van der Waals surface area contributed by atoms with Crippen molar-refractivity contribution in [3.05, 3.63) is 66.1 Å². The molecule has 0 aliphatic rings. The van der Waals surface area contributed by atoms with Gasteiger partial charge in [0.05, 0.1) is 28.1 Å². The lowest BCUT2D eigenvalue weighted by Gasteiger charge is -2.08. The maximum absolute atomic E-state index is 12.2. The van der Waals surface area contributed by atoms with E-state index in [1.807, 2.05) is 38.2 Å². The minimum Gasteiger partial charge on any atom is -0.353 e. The zero-order valence-electron chi connectivity index (χ0n) is 20.7. The Morgan fingerprint density at radius 2 is 1.86 bits per heavy atom. The number of H-pyrrole nitrogens is 2. The van der Waals surface area contributed by atoms with E-state index in [2.05, 4.69) is 60.6 Å². The van der Waals surface area contributed by atoms with Crippen LogP contribution >= 0.6 is 11.3 Å². The Hall–Kier alpha value is -4.37. The van der Waals surface area contributed by atoms with Crippen LogP contribution in [0.4, 0.5) is 5.69 Å². The number of aromatic nitrogens is 6. The van der Waals surface area contributed by atoms with Gasteiger partial charge in [0, 0.05) is 57.3 Å². The van der Waals surface area contributed by atoms with E-state index >= 15 is 0 Å². The molecule has 0 saturated carbocycles. The number of nitrogens with zero attached hydrogens (tertiary/aromatic N) is 4. The zero-order valence-corrected chi connectivity index (χ0v) is 21.5. The molecule has 0 bridgehead atoms. The average molecular weight is 508 g/mol. The van der Waals surface area contributed by atoms with Crippen LogP contribution in [0.3, 0.4) is 0 Å². The Balaban J connectivity index is 1.38. The van der Waals surface area contributed by atoms with Crippen LogP contribution in [0.25, 0.3) is 55.0 Å². The molecule has 6 rings (SSSR count). The number of hydrogen-bond donors (Lipinski definition) is 3. The van der Waals surface area contributed by atoms with Crippen molar-refractivity contribution in [2.45, 2.75) is 27.2 Å². The summed E-state index contributed by atoms with van der Waals surface area (Å²) in [6, 6.07) is 12.3. The van der Waals surface area contributed by atoms with Gasteiger partial charge in [-0.1, -0.05) is 13.8 Å². The fourth-order valence-electron chi connectivity index (χ4n) is 4.46. The van der Waals surface area contributed by atoms with Crippen molar-refractivity contribution in [2.75, 3.05) is 5.32 Å². The first kappa shape index (κ1) is 23.1. The molecule has 9 heteroatoms. The maximum Gasteiger partial charge on any atom is 0.224 e. The number of fused-ring (bicyclic) bond motifs is 2. The molecule has 0 fully saturated rings. The van der Waals surface area contributed by atoms with Gasteiger partial charge < -0.3 is 10.3 Å². The summed E-state index contributed by atoms with van der Waals surface area (Å²) in [5.41, 5.74) is 6.72. The molecule has 8 nitrogen and oxygen atoms in total. The Bertz CT molecular complexity index is 1760. The minimum absolute atomic E-state index is 0.0231. The van der Waals surface area contributed by atoms with Crippen molar-refractivity contribution in [1.82, 2.24) is 30.1 Å². The number of carbonyl (C=O) groups is 1. The standard InChI is InChI=1S/C28H25N7OS/c1-15(2)8-25(36)32-19-9-17(12-29-14-19)18-10-21-26(34-35-28(21)31-13-18)23-11-20-22(33-23)6-7-30-27(20)24-5-4-16(3)37-24/h4-7,9-15,33H,8H2,1-3H3,(H,32,36)(H,31,34,35). The van der Waals surface area contributed by atoms with Crippen LogP contribution in [0.5, 0.6) is 0 Å². The molecule has 37 heavy (non-hydrogen) atoms. The first-order valence-corrected chi connectivity index (χ1v) is 12.9. The molecule has 0 radical (unpaired) electrons. The third-order valence-corrected chi connectivity index (χ3v) is 7.15. The number of nitrogens with one attached hydrogen (secondary N) is 3. The highest BCUT2D eigenvalue weighted by molar-refractivity contribution is 7.15. The fourth-order valence-corrected chi connectivity index (χ4v) is 5.33. The van der Waals surface area contributed by atoms with E-state index in [1.165, 1.54) is 4.88 Å². The molecular formula is C28H25N7OS. The monoisotopic (exact) mass is 507 g/mol. The summed E-state index contributed by atoms with van der Waals surface area (Å²) >= 11 is 1.73. The van der Waals surface area contributed by atoms with E-state index in [1.54, 1.807) is 29.9 Å². The third-order valence-electron chi connectivity index (χ3n) is 6.14. The van der Waals surface area contributed by atoms with Crippen LogP contribution in [0, 0.1) is 12.8 Å². The van der Waals surface area contributed by atoms with E-state index in [4.69, 9.17) is 0 Å². The molecule has 0 unspecified atom stereocenters. The summed E-state index contributed by atoms with van der Waals surface area (Å²) in [5, 5.41) is 12.5. The van der Waals surface area contributed by atoms with E-state index in [9.17, 15) is 4.79 Å². The number of carbonyl (C=O) groups excluding carboxylic acids is 1. The largest absolute Gasteiger partial charge is 0.353 e. The predicted octanol–water partition coefficient (Wildman–Crippen LogP) is 6.58. The molecule has 184 valence electrons. The van der Waals surface area contributed by atoms with Gasteiger partial charge in [-0.2, -0.15) is 5.10 Å². The van der Waals surface area contributed by atoms with Crippen molar-refractivity contribution in [1.29, 1.82) is 0 Å². The molecule has 1 amide bonds. The average Bonchev–Trinajstić information content (AvgIpc) is 3.60. The molecule has 0 atom stereocenters. The van der Waals surface area contributed by atoms with E-state index in [0.29, 0.717) is 17.8 Å². The van der Waals surface area contributed by atoms with Crippen LogP contribution in [0.1, 0.15) is 25.1 Å². The smallest absolute Gasteiger partial charge is 0.224 e. The Morgan fingerprint density at radius 3 is 2.68 bits per heavy atom. The fraction of sp³-hybridized carbons (Fsp3) is 0.179. The number of aromatic amines is 2. The molecule has 0 aliphatic carbocycles. The Kier molecular flexibility index (Phi) is 5.77. The summed E-state index contributed by atoms with van der Waals surface area (Å²) in [4.78, 5) is 31.7. The van der Waals surface area contributed by atoms with Crippen molar-refractivity contribution in [3.8, 4) is 33.1 Å². The number of amides is 1. The Morgan fingerprint density at radius 1 is 1.00 bits per heavy atom. The minimum atomic E-state index is -0.0231. The molecular weight excluding hydrogens is 482 g/mol. The van der Waals surface area contributed by atoms with Gasteiger partial charge in [-0.05, 0) is 49.2 Å². The molecule has 0 spiro atoms. The third kappa shape index (κ3) is 4.49. The van der Waals surface area contributed by atoms with Gasteiger partial charge in [0.1, 0.15) is 5.69 Å². The van der Waals surface area contributed by atoms with E-state index < -0.39 is 0 Å². The summed E-state index contributed by atoms with van der Waals surface area (Å²) in [6.07, 6.45) is 7.50. The topological polar surface area (TPSA) is 112 Å². The second-order valence-corrected chi connectivity index (χ2v) is 10.8. The molecule has 0 saturated heterocycles. The van der Waals surface area contributed by atoms with Crippen LogP contribution < -0.4 is 5.32 Å². The first-order valence-electron chi connectivity index (χ1n) is 12.1. The van der Waals surface area contributed by atoms with Gasteiger partial charge in [0.15, 0.2) is 5.65 Å². The molecule has 6 aromatic heterocycles. The second-order valence-electron chi connectivity index (χ2n) is 9.51. The van der Waals surface area contributed by atoms with Crippen LogP contribution in [0.2, 0.25) is 0 Å². The highest BCUT2D eigenvalue weighted by atomic mass is 32.1. The van der Waals surface area contributed by atoms with Gasteiger partial charge in [-0.3, -0.25) is 19.9 Å². The van der Waals surface area contributed by atoms with Gasteiger partial charge in [-0.15, -0.1) is 11.3 Å². The lowest BCUT2D eigenvalue weighted by atomic mass is 10.1. The van der Waals surface area contributed by atoms with Gasteiger partial charge in [0.25, 0.3) is 0 Å². The van der Waals surface area contributed by atoms with Crippen LogP contribution in [0.15, 0.2) is 61.2 Å². The van der Waals surface area contributed by atoms with Crippen LogP contribution in [-0.4, -0.2) is 36.0 Å². The quantitative estimate of drug-likeness (QED) is 0.236. The van der Waals surface area contributed by atoms with E-state index in [0.717, 1.165) is 49.4 Å². The highest BCUT2D eigenvalue weighted by Gasteiger charge is 2.16. The highest BCUT2D eigenvalue weighted by Crippen LogP contribution is 2.36. The van der Waals surface area contributed by atoms with Gasteiger partial charge in [0.2, 0.25) is 5.91 Å². The summed E-state index contributed by atoms with van der Waals surface area (Å²) in [6.45, 7) is 6.14. The number of aryl methyl sites for hydroxylation is 1.